The number of aryl methyl sites for hydroxylation is 1. The molecule has 146 valence electrons. The number of hydrazone groups is 1. The molecule has 0 radical (unpaired) electrons. The van der Waals surface area contributed by atoms with E-state index in [1.54, 1.807) is 54.6 Å². The molecule has 0 saturated carbocycles. The lowest BCUT2D eigenvalue weighted by Gasteiger charge is -2.05. The van der Waals surface area contributed by atoms with Crippen molar-refractivity contribution in [3.8, 4) is 5.75 Å². The summed E-state index contributed by atoms with van der Waals surface area (Å²) in [4.78, 5) is 24.2. The average molecular weight is 427 g/mol. The molecular weight excluding hydrogens is 411 g/mol. The number of carbonyl (C=O) groups excluding carboxylic acids is 2. The number of nitrogens with one attached hydrogen (secondary N) is 1. The molecule has 0 atom stereocenters. The van der Waals surface area contributed by atoms with E-state index in [4.69, 9.17) is 27.9 Å². The van der Waals surface area contributed by atoms with Gasteiger partial charge in [0.2, 0.25) is 0 Å². The Hall–Kier alpha value is -3.15. The predicted octanol–water partition coefficient (Wildman–Crippen LogP) is 5.28. The van der Waals surface area contributed by atoms with Crippen LogP contribution in [-0.4, -0.2) is 18.1 Å². The molecule has 1 N–H and O–H groups in total. The van der Waals surface area contributed by atoms with Gasteiger partial charge in [-0.05, 0) is 67.1 Å². The van der Waals surface area contributed by atoms with Crippen LogP contribution >= 0.6 is 23.2 Å². The van der Waals surface area contributed by atoms with Crippen molar-refractivity contribution in [3.63, 3.8) is 0 Å². The molecule has 3 rings (SSSR count). The third kappa shape index (κ3) is 5.67. The number of nitrogens with zero attached hydrogens (tertiary/aromatic N) is 1. The molecule has 3 aromatic carbocycles. The van der Waals surface area contributed by atoms with Crippen LogP contribution in [0.4, 0.5) is 0 Å². The smallest absolute Gasteiger partial charge is 0.343 e. The van der Waals surface area contributed by atoms with Gasteiger partial charge in [0.05, 0.1) is 21.8 Å². The van der Waals surface area contributed by atoms with Crippen LogP contribution in [-0.2, 0) is 0 Å². The first-order valence-electron chi connectivity index (χ1n) is 8.60. The molecule has 0 aliphatic rings. The monoisotopic (exact) mass is 426 g/mol. The number of hydrogen-bond donors (Lipinski definition) is 1. The van der Waals surface area contributed by atoms with Gasteiger partial charge in [-0.2, -0.15) is 5.10 Å². The fraction of sp³-hybridized carbons (Fsp3) is 0.0455. The molecule has 0 spiro atoms. The lowest BCUT2D eigenvalue weighted by Crippen LogP contribution is -2.17. The molecule has 0 heterocycles. The van der Waals surface area contributed by atoms with Crippen molar-refractivity contribution in [2.24, 2.45) is 5.10 Å². The van der Waals surface area contributed by atoms with Crippen LogP contribution in [0.2, 0.25) is 10.0 Å². The second-order valence-electron chi connectivity index (χ2n) is 6.16. The summed E-state index contributed by atoms with van der Waals surface area (Å²) in [5.41, 5.74) is 4.94. The van der Waals surface area contributed by atoms with Crippen LogP contribution in [0.5, 0.6) is 5.75 Å². The van der Waals surface area contributed by atoms with Crippen molar-refractivity contribution in [2.45, 2.75) is 6.92 Å². The number of rotatable bonds is 5. The van der Waals surface area contributed by atoms with E-state index < -0.39 is 11.9 Å². The minimum Gasteiger partial charge on any atom is -0.423 e. The first-order chi connectivity index (χ1) is 13.9. The minimum absolute atomic E-state index is 0.291. The molecule has 7 heteroatoms. The molecule has 0 aliphatic carbocycles. The van der Waals surface area contributed by atoms with Crippen molar-refractivity contribution in [2.75, 3.05) is 0 Å². The summed E-state index contributed by atoms with van der Waals surface area (Å²) in [5, 5.41) is 4.57. The zero-order valence-electron chi connectivity index (χ0n) is 15.4. The average Bonchev–Trinajstić information content (AvgIpc) is 2.71. The standard InChI is InChI=1S/C22H16Cl2N2O3/c1-14-3-2-4-17(11-14)22(28)29-18-8-5-15(6-9-18)13-25-26-21(27)16-7-10-19(23)20(24)12-16/h2-13H,1H3,(H,26,27)/b25-13+. The van der Waals surface area contributed by atoms with Gasteiger partial charge in [-0.25, -0.2) is 10.2 Å². The predicted molar refractivity (Wildman–Crippen MR) is 114 cm³/mol. The molecule has 0 bridgehead atoms. The maximum Gasteiger partial charge on any atom is 0.343 e. The Labute approximate surface area is 177 Å². The number of carbonyl (C=O) groups is 2. The first-order valence-corrected chi connectivity index (χ1v) is 9.35. The van der Waals surface area contributed by atoms with Crippen LogP contribution in [0.15, 0.2) is 71.8 Å². The van der Waals surface area contributed by atoms with E-state index in [1.165, 1.54) is 12.3 Å². The highest BCUT2D eigenvalue weighted by Gasteiger charge is 2.09. The SMILES string of the molecule is Cc1cccc(C(=O)Oc2ccc(/C=N/NC(=O)c3ccc(Cl)c(Cl)c3)cc2)c1. The highest BCUT2D eigenvalue weighted by atomic mass is 35.5. The third-order valence-corrected chi connectivity index (χ3v) is 4.64. The van der Waals surface area contributed by atoms with E-state index in [-0.39, 0.29) is 0 Å². The molecule has 1 amide bonds. The molecule has 29 heavy (non-hydrogen) atoms. The van der Waals surface area contributed by atoms with E-state index in [0.29, 0.717) is 26.9 Å². The van der Waals surface area contributed by atoms with Crippen LogP contribution in [0.3, 0.4) is 0 Å². The fourth-order valence-corrected chi connectivity index (χ4v) is 2.73. The van der Waals surface area contributed by atoms with E-state index >= 15 is 0 Å². The Morgan fingerprint density at radius 3 is 2.38 bits per heavy atom. The van der Waals surface area contributed by atoms with Gasteiger partial charge in [0, 0.05) is 5.56 Å². The number of halogens is 2. The highest BCUT2D eigenvalue weighted by molar-refractivity contribution is 6.42. The summed E-state index contributed by atoms with van der Waals surface area (Å²) in [6, 6.07) is 18.5. The minimum atomic E-state index is -0.427. The first kappa shape index (κ1) is 20.6. The molecule has 0 aromatic heterocycles. The fourth-order valence-electron chi connectivity index (χ4n) is 2.43. The lowest BCUT2D eigenvalue weighted by atomic mass is 10.1. The van der Waals surface area contributed by atoms with Gasteiger partial charge in [-0.1, -0.05) is 40.9 Å². The van der Waals surface area contributed by atoms with Crippen LogP contribution in [0, 0.1) is 6.92 Å². The van der Waals surface area contributed by atoms with E-state index in [2.05, 4.69) is 10.5 Å². The molecule has 0 fully saturated rings. The molecule has 0 unspecified atom stereocenters. The van der Waals surface area contributed by atoms with E-state index in [1.807, 2.05) is 13.0 Å². The number of benzene rings is 3. The zero-order valence-corrected chi connectivity index (χ0v) is 16.9. The second kappa shape index (κ2) is 9.37. The van der Waals surface area contributed by atoms with Crippen molar-refractivity contribution >= 4 is 41.3 Å². The van der Waals surface area contributed by atoms with Gasteiger partial charge >= 0.3 is 5.97 Å². The van der Waals surface area contributed by atoms with Crippen molar-refractivity contribution in [3.05, 3.63) is 99.0 Å². The molecule has 0 saturated heterocycles. The largest absolute Gasteiger partial charge is 0.423 e. The summed E-state index contributed by atoms with van der Waals surface area (Å²) in [6.45, 7) is 1.91. The summed E-state index contributed by atoms with van der Waals surface area (Å²) < 4.78 is 5.36. The van der Waals surface area contributed by atoms with E-state index in [0.717, 1.165) is 11.1 Å². The van der Waals surface area contributed by atoms with Gasteiger partial charge in [0.15, 0.2) is 0 Å². The van der Waals surface area contributed by atoms with Crippen LogP contribution < -0.4 is 10.2 Å². The summed E-state index contributed by atoms with van der Waals surface area (Å²) >= 11 is 11.7. The van der Waals surface area contributed by atoms with Gasteiger partial charge in [-0.15, -0.1) is 0 Å². The maximum absolute atomic E-state index is 12.2. The maximum atomic E-state index is 12.2. The van der Waals surface area contributed by atoms with Gasteiger partial charge < -0.3 is 4.74 Å². The van der Waals surface area contributed by atoms with Crippen molar-refractivity contribution in [1.82, 2.24) is 5.43 Å². The Kier molecular flexibility index (Phi) is 6.65. The Morgan fingerprint density at radius 2 is 1.69 bits per heavy atom. The second-order valence-corrected chi connectivity index (χ2v) is 6.97. The topological polar surface area (TPSA) is 67.8 Å². The van der Waals surface area contributed by atoms with Crippen molar-refractivity contribution < 1.29 is 14.3 Å². The normalized spacial score (nSPS) is 10.7. The molecule has 0 aliphatic heterocycles. The Morgan fingerprint density at radius 1 is 0.931 bits per heavy atom. The summed E-state index contributed by atoms with van der Waals surface area (Å²) in [6.07, 6.45) is 1.47. The summed E-state index contributed by atoms with van der Waals surface area (Å²) in [7, 11) is 0. The third-order valence-electron chi connectivity index (χ3n) is 3.91. The van der Waals surface area contributed by atoms with Gasteiger partial charge in [0.1, 0.15) is 5.75 Å². The van der Waals surface area contributed by atoms with Gasteiger partial charge in [-0.3, -0.25) is 4.79 Å². The molecule has 5 nitrogen and oxygen atoms in total. The molecular formula is C22H16Cl2N2O3. The van der Waals surface area contributed by atoms with E-state index in [9.17, 15) is 9.59 Å². The highest BCUT2D eigenvalue weighted by Crippen LogP contribution is 2.22. The van der Waals surface area contributed by atoms with Gasteiger partial charge in [0.25, 0.3) is 5.91 Å². The number of hydrogen-bond acceptors (Lipinski definition) is 4. The van der Waals surface area contributed by atoms with Crippen molar-refractivity contribution in [1.29, 1.82) is 0 Å². The molecule has 3 aromatic rings. The van der Waals surface area contributed by atoms with Crippen LogP contribution in [0.1, 0.15) is 31.8 Å². The number of ether oxygens (including phenoxy) is 1. The number of amides is 1. The summed E-state index contributed by atoms with van der Waals surface area (Å²) in [5.74, 6) is -0.430. The Bertz CT molecular complexity index is 1080. The lowest BCUT2D eigenvalue weighted by molar-refractivity contribution is 0.0734. The quantitative estimate of drug-likeness (QED) is 0.261. The number of esters is 1. The van der Waals surface area contributed by atoms with Crippen LogP contribution in [0.25, 0.3) is 0 Å². The zero-order chi connectivity index (χ0) is 20.8. The Balaban J connectivity index is 1.57.